The second-order valence-electron chi connectivity index (χ2n) is 9.50. The lowest BCUT2D eigenvalue weighted by atomic mass is 9.81. The van der Waals surface area contributed by atoms with Crippen LogP contribution < -0.4 is 14.7 Å². The van der Waals surface area contributed by atoms with Crippen molar-refractivity contribution in [1.82, 2.24) is 4.90 Å². The summed E-state index contributed by atoms with van der Waals surface area (Å²) in [5.41, 5.74) is 9.26. The van der Waals surface area contributed by atoms with E-state index in [-0.39, 0.29) is 5.75 Å². The Morgan fingerprint density at radius 1 is 0.946 bits per heavy atom. The van der Waals surface area contributed by atoms with Crippen molar-refractivity contribution in [3.8, 4) is 22.6 Å². The molecule has 1 fully saturated rings. The van der Waals surface area contributed by atoms with Gasteiger partial charge in [0.05, 0.1) is 12.4 Å². The van der Waals surface area contributed by atoms with Gasteiger partial charge in [0.15, 0.2) is 11.5 Å². The first-order valence-corrected chi connectivity index (χ1v) is 13.8. The molecule has 0 spiro atoms. The molecule has 9 heteroatoms. The molecule has 3 aliphatic rings. The van der Waals surface area contributed by atoms with E-state index < -0.39 is 20.9 Å². The summed E-state index contributed by atoms with van der Waals surface area (Å²) in [7, 11) is -1.95. The van der Waals surface area contributed by atoms with Gasteiger partial charge in [0.25, 0.3) is 0 Å². The van der Waals surface area contributed by atoms with Gasteiger partial charge in [-0.05, 0) is 71.8 Å². The Morgan fingerprint density at radius 3 is 2.41 bits per heavy atom. The SMILES string of the molecule is COc1cccc(-c2cccc(C3(c4ccc(OS(=O)(=O)C5CC5)cc4)N=C(N)N4CCCN=C43)c2)c1. The van der Waals surface area contributed by atoms with Crippen molar-refractivity contribution in [2.45, 2.75) is 30.1 Å². The highest BCUT2D eigenvalue weighted by atomic mass is 32.2. The second kappa shape index (κ2) is 8.92. The first-order valence-electron chi connectivity index (χ1n) is 12.4. The third kappa shape index (κ3) is 4.13. The first kappa shape index (κ1) is 23.5. The van der Waals surface area contributed by atoms with Crippen molar-refractivity contribution in [2.24, 2.45) is 15.7 Å². The van der Waals surface area contributed by atoms with Crippen molar-refractivity contribution >= 4 is 21.9 Å². The van der Waals surface area contributed by atoms with Gasteiger partial charge in [-0.25, -0.2) is 4.99 Å². The van der Waals surface area contributed by atoms with Crippen LogP contribution in [0.3, 0.4) is 0 Å². The zero-order valence-electron chi connectivity index (χ0n) is 20.5. The molecule has 0 radical (unpaired) electrons. The van der Waals surface area contributed by atoms with Crippen molar-refractivity contribution < 1.29 is 17.3 Å². The number of hydrogen-bond donors (Lipinski definition) is 1. The van der Waals surface area contributed by atoms with Gasteiger partial charge in [0.2, 0.25) is 0 Å². The van der Waals surface area contributed by atoms with Crippen LogP contribution in [0, 0.1) is 0 Å². The van der Waals surface area contributed by atoms with Crippen molar-refractivity contribution in [1.29, 1.82) is 0 Å². The van der Waals surface area contributed by atoms with Crippen LogP contribution in [0.5, 0.6) is 11.5 Å². The molecule has 2 N–H and O–H groups in total. The third-order valence-corrected chi connectivity index (χ3v) is 8.75. The Hall–Kier alpha value is -3.85. The number of rotatable bonds is 7. The van der Waals surface area contributed by atoms with E-state index in [1.54, 1.807) is 19.2 Å². The minimum atomic E-state index is -3.60. The first-order chi connectivity index (χ1) is 17.9. The van der Waals surface area contributed by atoms with Crippen molar-refractivity contribution in [3.63, 3.8) is 0 Å². The van der Waals surface area contributed by atoms with E-state index >= 15 is 0 Å². The lowest BCUT2D eigenvalue weighted by Crippen LogP contribution is -2.46. The van der Waals surface area contributed by atoms with Crippen LogP contribution in [0.25, 0.3) is 11.1 Å². The molecular formula is C28H28N4O4S. The van der Waals surface area contributed by atoms with Crippen LogP contribution in [0.1, 0.15) is 30.4 Å². The van der Waals surface area contributed by atoms with Gasteiger partial charge in [-0.1, -0.05) is 42.5 Å². The van der Waals surface area contributed by atoms with Gasteiger partial charge in [-0.2, -0.15) is 8.42 Å². The zero-order chi connectivity index (χ0) is 25.6. The predicted octanol–water partition coefficient (Wildman–Crippen LogP) is 3.91. The van der Waals surface area contributed by atoms with E-state index in [0.29, 0.717) is 25.3 Å². The minimum absolute atomic E-state index is 0.285. The molecule has 6 rings (SSSR count). The summed E-state index contributed by atoms with van der Waals surface area (Å²) in [6, 6.07) is 23.2. The fourth-order valence-corrected chi connectivity index (χ4v) is 6.24. The maximum Gasteiger partial charge on any atom is 0.312 e. The van der Waals surface area contributed by atoms with Crippen LogP contribution >= 0.6 is 0 Å². The van der Waals surface area contributed by atoms with Gasteiger partial charge in [0, 0.05) is 13.1 Å². The Bertz CT molecular complexity index is 1510. The maximum atomic E-state index is 12.3. The number of benzene rings is 3. The lowest BCUT2D eigenvalue weighted by molar-refractivity contribution is 0.415. The van der Waals surface area contributed by atoms with Gasteiger partial charge < -0.3 is 14.7 Å². The van der Waals surface area contributed by atoms with E-state index in [2.05, 4.69) is 6.07 Å². The molecule has 37 heavy (non-hydrogen) atoms. The monoisotopic (exact) mass is 516 g/mol. The number of ether oxygens (including phenoxy) is 1. The molecule has 0 aromatic heterocycles. The van der Waals surface area contributed by atoms with E-state index in [4.69, 9.17) is 24.6 Å². The molecule has 0 amide bonds. The standard InChI is InChI=1S/C28H28N4O4S/c1-35-24-8-3-6-20(18-24)19-5-2-7-22(17-19)28(26-30-15-4-16-32(26)27(29)31-28)21-9-11-23(12-10-21)36-37(33,34)25-13-14-25/h2-3,5-12,17-18,25H,4,13-16H2,1H3,(H2,29,31). The van der Waals surface area contributed by atoms with Crippen molar-refractivity contribution in [2.75, 3.05) is 20.2 Å². The molecule has 2 heterocycles. The van der Waals surface area contributed by atoms with Crippen molar-refractivity contribution in [3.05, 3.63) is 83.9 Å². The molecule has 1 aliphatic carbocycles. The fourth-order valence-electron chi connectivity index (χ4n) is 5.01. The number of methoxy groups -OCH3 is 1. The number of amidine groups is 1. The molecule has 190 valence electrons. The molecule has 3 aromatic rings. The van der Waals surface area contributed by atoms with E-state index in [1.165, 1.54) is 0 Å². The van der Waals surface area contributed by atoms with E-state index in [0.717, 1.165) is 46.8 Å². The van der Waals surface area contributed by atoms with Crippen LogP contribution in [-0.4, -0.2) is 50.6 Å². The Labute approximate surface area is 216 Å². The number of nitrogens with zero attached hydrogens (tertiary/aromatic N) is 3. The molecule has 0 bridgehead atoms. The Balaban J connectivity index is 1.46. The average Bonchev–Trinajstić information content (AvgIpc) is 3.75. The second-order valence-corrected chi connectivity index (χ2v) is 11.3. The minimum Gasteiger partial charge on any atom is -0.497 e. The van der Waals surface area contributed by atoms with Crippen LogP contribution in [0.15, 0.2) is 82.8 Å². The summed E-state index contributed by atoms with van der Waals surface area (Å²) in [4.78, 5) is 11.9. The van der Waals surface area contributed by atoms with Crippen LogP contribution in [-0.2, 0) is 15.7 Å². The molecule has 1 atom stereocenters. The smallest absolute Gasteiger partial charge is 0.312 e. The maximum absolute atomic E-state index is 12.3. The van der Waals surface area contributed by atoms with E-state index in [9.17, 15) is 8.42 Å². The number of guanidine groups is 1. The predicted molar refractivity (Wildman–Crippen MR) is 143 cm³/mol. The lowest BCUT2D eigenvalue weighted by Gasteiger charge is -2.33. The highest BCUT2D eigenvalue weighted by Crippen LogP contribution is 2.43. The molecule has 2 aliphatic heterocycles. The normalized spacial score (nSPS) is 21.2. The number of aliphatic imine (C=N–C) groups is 2. The van der Waals surface area contributed by atoms with Gasteiger partial charge >= 0.3 is 10.1 Å². The topological polar surface area (TPSA) is 107 Å². The third-order valence-electron chi connectivity index (χ3n) is 7.04. The molecule has 0 saturated heterocycles. The molecule has 1 unspecified atom stereocenters. The van der Waals surface area contributed by atoms with Gasteiger partial charge in [-0.3, -0.25) is 9.89 Å². The summed E-state index contributed by atoms with van der Waals surface area (Å²) in [6.07, 6.45) is 2.19. The van der Waals surface area contributed by atoms with Gasteiger partial charge in [-0.15, -0.1) is 0 Å². The molecule has 8 nitrogen and oxygen atoms in total. The number of nitrogens with two attached hydrogens (primary N) is 1. The summed E-state index contributed by atoms with van der Waals surface area (Å²) in [5, 5.41) is -0.401. The highest BCUT2D eigenvalue weighted by molar-refractivity contribution is 7.88. The quantitative estimate of drug-likeness (QED) is 0.477. The summed E-state index contributed by atoms with van der Waals surface area (Å²) >= 11 is 0. The molecule has 3 aromatic carbocycles. The van der Waals surface area contributed by atoms with Crippen LogP contribution in [0.4, 0.5) is 0 Å². The van der Waals surface area contributed by atoms with Crippen LogP contribution in [0.2, 0.25) is 0 Å². The summed E-state index contributed by atoms with van der Waals surface area (Å²) in [5.74, 6) is 2.26. The van der Waals surface area contributed by atoms with Gasteiger partial charge in [0.1, 0.15) is 17.3 Å². The summed E-state index contributed by atoms with van der Waals surface area (Å²) < 4.78 is 35.5. The Kier molecular flexibility index (Phi) is 5.67. The van der Waals surface area contributed by atoms with E-state index in [1.807, 2.05) is 59.5 Å². The Morgan fingerprint density at radius 2 is 1.68 bits per heavy atom. The number of fused-ring (bicyclic) bond motifs is 1. The zero-order valence-corrected chi connectivity index (χ0v) is 21.3. The number of hydrogen-bond acceptors (Lipinski definition) is 8. The highest BCUT2D eigenvalue weighted by Gasteiger charge is 2.49. The largest absolute Gasteiger partial charge is 0.497 e. The molecule has 1 saturated carbocycles. The fraction of sp³-hybridized carbons (Fsp3) is 0.286. The average molecular weight is 517 g/mol. The molecular weight excluding hydrogens is 488 g/mol. The summed E-state index contributed by atoms with van der Waals surface area (Å²) in [6.45, 7) is 1.43.